The number of hydrogen-bond donors (Lipinski definition) is 0. The molecular formula is C26H17N3S. The minimum atomic E-state index is 1.03. The first-order chi connectivity index (χ1) is 14.8. The fraction of sp³-hybridized carbons (Fsp3) is 0.0385. The third-order valence-electron chi connectivity index (χ3n) is 6.15. The standard InChI is InChI=1S/C26H17N3S/c1-28-15-27-26-21(28)10-6-11-22(26)29-20-9-4-2-7-16(20)18-14-25-19(13-23(18)29)17-8-3-5-12-24(17)30-25/h2-15H,1H3. The Balaban J connectivity index is 1.71. The molecule has 0 unspecified atom stereocenters. The third kappa shape index (κ3) is 2.01. The van der Waals surface area contributed by atoms with E-state index in [2.05, 4.69) is 88.0 Å². The summed E-state index contributed by atoms with van der Waals surface area (Å²) in [4.78, 5) is 4.73. The molecule has 0 amide bonds. The van der Waals surface area contributed by atoms with E-state index in [4.69, 9.17) is 4.98 Å². The molecule has 0 aliphatic heterocycles. The highest BCUT2D eigenvalue weighted by Crippen LogP contribution is 2.41. The van der Waals surface area contributed by atoms with Crippen molar-refractivity contribution in [1.29, 1.82) is 0 Å². The lowest BCUT2D eigenvalue weighted by Gasteiger charge is -2.09. The van der Waals surface area contributed by atoms with Crippen molar-refractivity contribution in [3.05, 3.63) is 85.2 Å². The highest BCUT2D eigenvalue weighted by molar-refractivity contribution is 7.25. The van der Waals surface area contributed by atoms with Crippen molar-refractivity contribution in [2.75, 3.05) is 0 Å². The van der Waals surface area contributed by atoms with E-state index in [0.29, 0.717) is 0 Å². The molecule has 7 aromatic rings. The summed E-state index contributed by atoms with van der Waals surface area (Å²) in [5, 5.41) is 5.21. The van der Waals surface area contributed by atoms with Crippen molar-refractivity contribution >= 4 is 64.3 Å². The minimum absolute atomic E-state index is 1.03. The Labute approximate surface area is 176 Å². The van der Waals surface area contributed by atoms with Crippen molar-refractivity contribution < 1.29 is 0 Å². The van der Waals surface area contributed by atoms with Gasteiger partial charge < -0.3 is 9.13 Å². The number of benzene rings is 4. The summed E-state index contributed by atoms with van der Waals surface area (Å²) in [6.45, 7) is 0. The van der Waals surface area contributed by atoms with Crippen molar-refractivity contribution in [3.63, 3.8) is 0 Å². The molecule has 0 N–H and O–H groups in total. The lowest BCUT2D eigenvalue weighted by Crippen LogP contribution is -1.95. The number of fused-ring (bicyclic) bond motifs is 7. The molecule has 3 heterocycles. The maximum Gasteiger partial charge on any atom is 0.112 e. The van der Waals surface area contributed by atoms with Crippen LogP contribution in [0.4, 0.5) is 0 Å². The summed E-state index contributed by atoms with van der Waals surface area (Å²) < 4.78 is 7.13. The van der Waals surface area contributed by atoms with Gasteiger partial charge in [0.25, 0.3) is 0 Å². The first-order valence-corrected chi connectivity index (χ1v) is 10.9. The predicted molar refractivity (Wildman–Crippen MR) is 128 cm³/mol. The fourth-order valence-electron chi connectivity index (χ4n) is 4.77. The largest absolute Gasteiger partial charge is 0.334 e. The minimum Gasteiger partial charge on any atom is -0.334 e. The van der Waals surface area contributed by atoms with Gasteiger partial charge in [-0.15, -0.1) is 11.3 Å². The normalized spacial score (nSPS) is 12.2. The van der Waals surface area contributed by atoms with E-state index < -0.39 is 0 Å². The SMILES string of the molecule is Cn1cnc2c(-n3c4ccccc4c4cc5sc6ccccc6c5cc43)cccc21. The van der Waals surface area contributed by atoms with Crippen molar-refractivity contribution in [2.45, 2.75) is 0 Å². The zero-order valence-electron chi connectivity index (χ0n) is 16.3. The Morgan fingerprint density at radius 2 is 1.47 bits per heavy atom. The van der Waals surface area contributed by atoms with E-state index in [1.54, 1.807) is 0 Å². The van der Waals surface area contributed by atoms with Crippen LogP contribution in [0.1, 0.15) is 0 Å². The number of aryl methyl sites for hydroxylation is 1. The topological polar surface area (TPSA) is 22.8 Å². The van der Waals surface area contributed by atoms with Crippen LogP contribution in [0.2, 0.25) is 0 Å². The average Bonchev–Trinajstić information content (AvgIpc) is 3.44. The first kappa shape index (κ1) is 16.2. The first-order valence-electron chi connectivity index (χ1n) is 10.0. The molecule has 142 valence electrons. The number of para-hydroxylation sites is 2. The zero-order valence-corrected chi connectivity index (χ0v) is 17.1. The molecular weight excluding hydrogens is 386 g/mol. The maximum absolute atomic E-state index is 4.73. The second-order valence-electron chi connectivity index (χ2n) is 7.82. The van der Waals surface area contributed by atoms with Crippen LogP contribution in [0.25, 0.3) is 58.7 Å². The Bertz CT molecular complexity index is 1760. The van der Waals surface area contributed by atoms with Crippen LogP contribution in [-0.4, -0.2) is 14.1 Å². The van der Waals surface area contributed by atoms with Gasteiger partial charge in [-0.1, -0.05) is 42.5 Å². The van der Waals surface area contributed by atoms with Gasteiger partial charge in [-0.25, -0.2) is 4.98 Å². The molecule has 4 aromatic carbocycles. The molecule has 0 fully saturated rings. The Morgan fingerprint density at radius 3 is 2.40 bits per heavy atom. The molecule has 0 bridgehead atoms. The molecule has 3 aromatic heterocycles. The van der Waals surface area contributed by atoms with Gasteiger partial charge in [0.15, 0.2) is 0 Å². The number of thiophene rings is 1. The van der Waals surface area contributed by atoms with E-state index in [1.165, 1.54) is 42.0 Å². The molecule has 0 aliphatic carbocycles. The van der Waals surface area contributed by atoms with Crippen LogP contribution in [0, 0.1) is 0 Å². The summed E-state index contributed by atoms with van der Waals surface area (Å²) in [7, 11) is 2.05. The predicted octanol–water partition coefficient (Wildman–Crippen LogP) is 7.04. The molecule has 0 aliphatic rings. The van der Waals surface area contributed by atoms with Gasteiger partial charge in [0, 0.05) is 38.0 Å². The van der Waals surface area contributed by atoms with Crippen molar-refractivity contribution in [3.8, 4) is 5.69 Å². The van der Waals surface area contributed by atoms with Gasteiger partial charge >= 0.3 is 0 Å². The number of rotatable bonds is 1. The summed E-state index contributed by atoms with van der Waals surface area (Å²) in [5.74, 6) is 0. The number of aromatic nitrogens is 3. The average molecular weight is 404 g/mol. The van der Waals surface area contributed by atoms with E-state index in [-0.39, 0.29) is 0 Å². The van der Waals surface area contributed by atoms with Crippen molar-refractivity contribution in [1.82, 2.24) is 14.1 Å². The van der Waals surface area contributed by atoms with Gasteiger partial charge in [0.05, 0.1) is 28.6 Å². The molecule has 4 heteroatoms. The fourth-order valence-corrected chi connectivity index (χ4v) is 5.90. The zero-order chi connectivity index (χ0) is 19.8. The maximum atomic E-state index is 4.73. The second-order valence-corrected chi connectivity index (χ2v) is 8.90. The quantitative estimate of drug-likeness (QED) is 0.288. The van der Waals surface area contributed by atoms with Crippen LogP contribution < -0.4 is 0 Å². The van der Waals surface area contributed by atoms with Crippen molar-refractivity contribution in [2.24, 2.45) is 7.05 Å². The van der Waals surface area contributed by atoms with E-state index >= 15 is 0 Å². The van der Waals surface area contributed by atoms with Crippen LogP contribution in [0.3, 0.4) is 0 Å². The van der Waals surface area contributed by atoms with Crippen LogP contribution in [0.15, 0.2) is 85.2 Å². The molecule has 30 heavy (non-hydrogen) atoms. The highest BCUT2D eigenvalue weighted by Gasteiger charge is 2.17. The van der Waals surface area contributed by atoms with E-state index in [1.807, 2.05) is 24.7 Å². The van der Waals surface area contributed by atoms with Gasteiger partial charge in [-0.3, -0.25) is 0 Å². The van der Waals surface area contributed by atoms with Gasteiger partial charge in [0.1, 0.15) is 5.52 Å². The van der Waals surface area contributed by atoms with E-state index in [0.717, 1.165) is 16.7 Å². The summed E-state index contributed by atoms with van der Waals surface area (Å²) in [6.07, 6.45) is 1.90. The molecule has 0 radical (unpaired) electrons. The van der Waals surface area contributed by atoms with Gasteiger partial charge in [0.2, 0.25) is 0 Å². The highest BCUT2D eigenvalue weighted by atomic mass is 32.1. The third-order valence-corrected chi connectivity index (χ3v) is 7.28. The number of imidazole rings is 1. The van der Waals surface area contributed by atoms with Gasteiger partial charge in [-0.05, 0) is 36.4 Å². The lowest BCUT2D eigenvalue weighted by atomic mass is 10.1. The molecule has 0 saturated heterocycles. The smallest absolute Gasteiger partial charge is 0.112 e. The summed E-state index contributed by atoms with van der Waals surface area (Å²) >= 11 is 1.87. The van der Waals surface area contributed by atoms with Crippen LogP contribution in [-0.2, 0) is 7.05 Å². The Morgan fingerprint density at radius 1 is 0.667 bits per heavy atom. The second kappa shape index (κ2) is 5.71. The molecule has 0 spiro atoms. The van der Waals surface area contributed by atoms with Crippen LogP contribution >= 0.6 is 11.3 Å². The monoisotopic (exact) mass is 403 g/mol. The number of hydrogen-bond acceptors (Lipinski definition) is 2. The summed E-state index contributed by atoms with van der Waals surface area (Å²) in [5.41, 5.74) is 5.73. The molecule has 7 rings (SSSR count). The van der Waals surface area contributed by atoms with Gasteiger partial charge in [-0.2, -0.15) is 0 Å². The molecule has 3 nitrogen and oxygen atoms in total. The van der Waals surface area contributed by atoms with E-state index in [9.17, 15) is 0 Å². The lowest BCUT2D eigenvalue weighted by molar-refractivity contribution is 0.948. The Kier molecular flexibility index (Phi) is 3.08. The Hall–Kier alpha value is -3.63. The molecule has 0 saturated carbocycles. The summed E-state index contributed by atoms with van der Waals surface area (Å²) in [6, 6.07) is 28.5. The number of nitrogens with zero attached hydrogens (tertiary/aromatic N) is 3. The molecule has 0 atom stereocenters. The van der Waals surface area contributed by atoms with Crippen LogP contribution in [0.5, 0.6) is 0 Å².